The van der Waals surface area contributed by atoms with E-state index in [1.807, 2.05) is 12.3 Å². The van der Waals surface area contributed by atoms with Gasteiger partial charge in [-0.3, -0.25) is 0 Å². The van der Waals surface area contributed by atoms with Crippen molar-refractivity contribution < 1.29 is 4.74 Å². The zero-order chi connectivity index (χ0) is 12.6. The minimum Gasteiger partial charge on any atom is -0.378 e. The van der Waals surface area contributed by atoms with Gasteiger partial charge in [0.1, 0.15) is 5.82 Å². The second-order valence-electron chi connectivity index (χ2n) is 4.47. The summed E-state index contributed by atoms with van der Waals surface area (Å²) in [6.07, 6.45) is 5.47. The predicted octanol–water partition coefficient (Wildman–Crippen LogP) is 1.92. The first kappa shape index (κ1) is 13.1. The number of rotatable bonds is 6. The molecule has 0 saturated carbocycles. The summed E-state index contributed by atoms with van der Waals surface area (Å²) in [6, 6.07) is 1.96. The average molecular weight is 250 g/mol. The topological polar surface area (TPSA) is 50.3 Å². The SMILES string of the molecule is CCCCCNc1nccc(N2CCOCC2)n1. The molecule has 100 valence electrons. The van der Waals surface area contributed by atoms with Gasteiger partial charge in [-0.15, -0.1) is 0 Å². The molecule has 2 rings (SSSR count). The Morgan fingerprint density at radius 2 is 2.17 bits per heavy atom. The molecule has 0 spiro atoms. The van der Waals surface area contributed by atoms with Crippen molar-refractivity contribution in [2.24, 2.45) is 0 Å². The number of nitrogens with zero attached hydrogens (tertiary/aromatic N) is 3. The summed E-state index contributed by atoms with van der Waals surface area (Å²) < 4.78 is 5.34. The second kappa shape index (κ2) is 7.16. The monoisotopic (exact) mass is 250 g/mol. The van der Waals surface area contributed by atoms with Crippen LogP contribution in [0.3, 0.4) is 0 Å². The van der Waals surface area contributed by atoms with Crippen LogP contribution in [0, 0.1) is 0 Å². The van der Waals surface area contributed by atoms with E-state index in [0.29, 0.717) is 0 Å². The van der Waals surface area contributed by atoms with Gasteiger partial charge in [-0.2, -0.15) is 4.98 Å². The van der Waals surface area contributed by atoms with Crippen LogP contribution in [0.4, 0.5) is 11.8 Å². The van der Waals surface area contributed by atoms with Crippen molar-refractivity contribution in [1.82, 2.24) is 9.97 Å². The van der Waals surface area contributed by atoms with Crippen molar-refractivity contribution in [2.45, 2.75) is 26.2 Å². The van der Waals surface area contributed by atoms with Gasteiger partial charge < -0.3 is 15.0 Å². The van der Waals surface area contributed by atoms with Crippen molar-refractivity contribution in [3.05, 3.63) is 12.3 Å². The Balaban J connectivity index is 1.88. The quantitative estimate of drug-likeness (QED) is 0.782. The molecule has 1 saturated heterocycles. The van der Waals surface area contributed by atoms with Gasteiger partial charge in [-0.05, 0) is 12.5 Å². The summed E-state index contributed by atoms with van der Waals surface area (Å²) >= 11 is 0. The Labute approximate surface area is 109 Å². The van der Waals surface area contributed by atoms with Crippen molar-refractivity contribution in [3.8, 4) is 0 Å². The fourth-order valence-corrected chi connectivity index (χ4v) is 1.98. The maximum Gasteiger partial charge on any atom is 0.224 e. The Hall–Kier alpha value is -1.36. The first-order valence-electron chi connectivity index (χ1n) is 6.80. The van der Waals surface area contributed by atoms with Crippen LogP contribution in [-0.4, -0.2) is 42.8 Å². The number of anilines is 2. The smallest absolute Gasteiger partial charge is 0.224 e. The van der Waals surface area contributed by atoms with Crippen LogP contribution in [0.1, 0.15) is 26.2 Å². The molecule has 0 radical (unpaired) electrons. The molecule has 5 nitrogen and oxygen atoms in total. The van der Waals surface area contributed by atoms with Crippen LogP contribution < -0.4 is 10.2 Å². The van der Waals surface area contributed by atoms with Gasteiger partial charge in [-0.1, -0.05) is 19.8 Å². The number of aromatic nitrogens is 2. The molecule has 1 aliphatic rings. The standard InChI is InChI=1S/C13H22N4O/c1-2-3-4-6-14-13-15-7-5-12(16-13)17-8-10-18-11-9-17/h5,7H,2-4,6,8-11H2,1H3,(H,14,15,16). The predicted molar refractivity (Wildman–Crippen MR) is 73.1 cm³/mol. The largest absolute Gasteiger partial charge is 0.378 e. The molecule has 5 heteroatoms. The first-order valence-corrected chi connectivity index (χ1v) is 6.80. The molecular formula is C13H22N4O. The maximum absolute atomic E-state index is 5.34. The third-order valence-electron chi connectivity index (χ3n) is 3.04. The molecule has 1 N–H and O–H groups in total. The molecule has 1 aromatic heterocycles. The molecule has 0 atom stereocenters. The van der Waals surface area contributed by atoms with Gasteiger partial charge in [-0.25, -0.2) is 4.98 Å². The van der Waals surface area contributed by atoms with Crippen LogP contribution in [0.2, 0.25) is 0 Å². The minimum atomic E-state index is 0.732. The number of unbranched alkanes of at least 4 members (excludes halogenated alkanes) is 2. The maximum atomic E-state index is 5.34. The van der Waals surface area contributed by atoms with Crippen molar-refractivity contribution in [3.63, 3.8) is 0 Å². The van der Waals surface area contributed by atoms with E-state index in [9.17, 15) is 0 Å². The highest BCUT2D eigenvalue weighted by atomic mass is 16.5. The second-order valence-corrected chi connectivity index (χ2v) is 4.47. The number of hydrogen-bond donors (Lipinski definition) is 1. The Morgan fingerprint density at radius 1 is 1.33 bits per heavy atom. The fraction of sp³-hybridized carbons (Fsp3) is 0.692. The minimum absolute atomic E-state index is 0.732. The zero-order valence-corrected chi connectivity index (χ0v) is 11.1. The third kappa shape index (κ3) is 3.84. The van der Waals surface area contributed by atoms with E-state index in [0.717, 1.165) is 44.6 Å². The zero-order valence-electron chi connectivity index (χ0n) is 11.1. The lowest BCUT2D eigenvalue weighted by molar-refractivity contribution is 0.122. The number of ether oxygens (including phenoxy) is 1. The lowest BCUT2D eigenvalue weighted by atomic mass is 10.2. The van der Waals surface area contributed by atoms with E-state index >= 15 is 0 Å². The summed E-state index contributed by atoms with van der Waals surface area (Å²) in [6.45, 7) is 6.53. The third-order valence-corrected chi connectivity index (χ3v) is 3.04. The Bertz CT molecular complexity index is 353. The normalized spacial score (nSPS) is 15.7. The molecule has 1 aromatic rings. The van der Waals surface area contributed by atoms with Gasteiger partial charge in [0.2, 0.25) is 5.95 Å². The molecule has 0 unspecified atom stereocenters. The van der Waals surface area contributed by atoms with Crippen LogP contribution in [0.15, 0.2) is 12.3 Å². The fourth-order valence-electron chi connectivity index (χ4n) is 1.98. The molecular weight excluding hydrogens is 228 g/mol. The van der Waals surface area contributed by atoms with Gasteiger partial charge >= 0.3 is 0 Å². The highest BCUT2D eigenvalue weighted by Gasteiger charge is 2.12. The first-order chi connectivity index (χ1) is 8.90. The summed E-state index contributed by atoms with van der Waals surface area (Å²) in [5.41, 5.74) is 0. The molecule has 0 aromatic carbocycles. The number of nitrogens with one attached hydrogen (secondary N) is 1. The molecule has 18 heavy (non-hydrogen) atoms. The van der Waals surface area contributed by atoms with Gasteiger partial charge in [0, 0.05) is 25.8 Å². The number of morpholine rings is 1. The van der Waals surface area contributed by atoms with Gasteiger partial charge in [0.25, 0.3) is 0 Å². The van der Waals surface area contributed by atoms with E-state index < -0.39 is 0 Å². The van der Waals surface area contributed by atoms with Crippen molar-refractivity contribution in [2.75, 3.05) is 43.1 Å². The van der Waals surface area contributed by atoms with Crippen LogP contribution in [-0.2, 0) is 4.74 Å². The van der Waals surface area contributed by atoms with Crippen LogP contribution >= 0.6 is 0 Å². The lowest BCUT2D eigenvalue weighted by Crippen LogP contribution is -2.36. The van der Waals surface area contributed by atoms with E-state index in [2.05, 4.69) is 27.1 Å². The highest BCUT2D eigenvalue weighted by molar-refractivity contribution is 5.42. The molecule has 1 aliphatic heterocycles. The van der Waals surface area contributed by atoms with E-state index in [1.54, 1.807) is 0 Å². The van der Waals surface area contributed by atoms with Crippen LogP contribution in [0.5, 0.6) is 0 Å². The Kier molecular flexibility index (Phi) is 5.20. The summed E-state index contributed by atoms with van der Waals surface area (Å²) in [5.74, 6) is 1.72. The average Bonchev–Trinajstić information content (AvgIpc) is 2.45. The van der Waals surface area contributed by atoms with Gasteiger partial charge in [0.15, 0.2) is 0 Å². The molecule has 0 amide bonds. The van der Waals surface area contributed by atoms with Crippen molar-refractivity contribution >= 4 is 11.8 Å². The van der Waals surface area contributed by atoms with Gasteiger partial charge in [0.05, 0.1) is 13.2 Å². The van der Waals surface area contributed by atoms with Crippen molar-refractivity contribution in [1.29, 1.82) is 0 Å². The summed E-state index contributed by atoms with van der Waals surface area (Å²) in [4.78, 5) is 11.0. The van der Waals surface area contributed by atoms with Crippen LogP contribution in [0.25, 0.3) is 0 Å². The number of hydrogen-bond acceptors (Lipinski definition) is 5. The van der Waals surface area contributed by atoms with E-state index in [1.165, 1.54) is 19.3 Å². The molecule has 2 heterocycles. The molecule has 1 fully saturated rings. The molecule has 0 bridgehead atoms. The van der Waals surface area contributed by atoms with E-state index in [4.69, 9.17) is 4.74 Å². The lowest BCUT2D eigenvalue weighted by Gasteiger charge is -2.27. The summed E-state index contributed by atoms with van der Waals surface area (Å²) in [5, 5.41) is 3.28. The van der Waals surface area contributed by atoms with E-state index in [-0.39, 0.29) is 0 Å². The molecule has 0 aliphatic carbocycles. The highest BCUT2D eigenvalue weighted by Crippen LogP contribution is 2.13. The Morgan fingerprint density at radius 3 is 2.94 bits per heavy atom. The summed E-state index contributed by atoms with van der Waals surface area (Å²) in [7, 11) is 0.